The molecule has 0 aromatic rings. The Bertz CT molecular complexity index is 371. The lowest BCUT2D eigenvalue weighted by Crippen LogP contribution is -2.49. The van der Waals surface area contributed by atoms with Gasteiger partial charge < -0.3 is 10.6 Å². The van der Waals surface area contributed by atoms with Gasteiger partial charge in [-0.3, -0.25) is 9.89 Å². The van der Waals surface area contributed by atoms with E-state index in [9.17, 15) is 0 Å². The van der Waals surface area contributed by atoms with Crippen molar-refractivity contribution in [3.05, 3.63) is 12.2 Å². The van der Waals surface area contributed by atoms with Gasteiger partial charge in [0.25, 0.3) is 0 Å². The Labute approximate surface area is 141 Å². The zero-order valence-corrected chi connectivity index (χ0v) is 15.9. The van der Waals surface area contributed by atoms with Crippen LogP contribution < -0.4 is 10.6 Å². The van der Waals surface area contributed by atoms with Crippen molar-refractivity contribution in [3.8, 4) is 0 Å². The number of likely N-dealkylation sites (tertiary alicyclic amines) is 1. The fourth-order valence-electron chi connectivity index (χ4n) is 2.46. The van der Waals surface area contributed by atoms with E-state index in [2.05, 4.69) is 56.1 Å². The first-order valence-corrected chi connectivity index (χ1v) is 9.55. The summed E-state index contributed by atoms with van der Waals surface area (Å²) in [5, 5.41) is 6.98. The highest BCUT2D eigenvalue weighted by Crippen LogP contribution is 2.21. The smallest absolute Gasteiger partial charge is 0.191 e. The first kappa shape index (κ1) is 19.4. The standard InChI is InChI=1S/C17H34N4S/c1-7-18-16(19-13-17(4,5)22-6)20-15-8-10-21(11-9-15)12-14(2)3/h15H,2,7-13H2,1,3-6H3,(H2,18,19,20). The second kappa shape index (κ2) is 9.46. The van der Waals surface area contributed by atoms with Gasteiger partial charge in [0.15, 0.2) is 5.96 Å². The van der Waals surface area contributed by atoms with Crippen molar-refractivity contribution in [2.24, 2.45) is 4.99 Å². The molecule has 0 spiro atoms. The monoisotopic (exact) mass is 326 g/mol. The van der Waals surface area contributed by atoms with Gasteiger partial charge in [0.2, 0.25) is 0 Å². The number of nitrogens with zero attached hydrogens (tertiary/aromatic N) is 2. The summed E-state index contributed by atoms with van der Waals surface area (Å²) in [5.41, 5.74) is 1.25. The van der Waals surface area contributed by atoms with Gasteiger partial charge >= 0.3 is 0 Å². The van der Waals surface area contributed by atoms with E-state index >= 15 is 0 Å². The van der Waals surface area contributed by atoms with Crippen molar-refractivity contribution < 1.29 is 0 Å². The van der Waals surface area contributed by atoms with Crippen molar-refractivity contribution in [3.63, 3.8) is 0 Å². The quantitative estimate of drug-likeness (QED) is 0.429. The molecule has 0 unspecified atom stereocenters. The summed E-state index contributed by atoms with van der Waals surface area (Å²) in [6, 6.07) is 0.525. The predicted molar refractivity (Wildman–Crippen MR) is 101 cm³/mol. The predicted octanol–water partition coefficient (Wildman–Crippen LogP) is 2.72. The molecule has 2 N–H and O–H groups in total. The summed E-state index contributed by atoms with van der Waals surface area (Å²) in [7, 11) is 0. The third-order valence-electron chi connectivity index (χ3n) is 3.94. The SMILES string of the molecule is C=C(C)CN1CCC(NC(=NCC(C)(C)SC)NCC)CC1. The maximum atomic E-state index is 4.76. The van der Waals surface area contributed by atoms with Crippen LogP contribution in [0.25, 0.3) is 0 Å². The molecule has 128 valence electrons. The molecule has 0 aliphatic carbocycles. The van der Waals surface area contributed by atoms with Crippen LogP contribution in [0.1, 0.15) is 40.5 Å². The van der Waals surface area contributed by atoms with E-state index in [1.165, 1.54) is 18.4 Å². The zero-order valence-electron chi connectivity index (χ0n) is 15.0. The molecule has 22 heavy (non-hydrogen) atoms. The van der Waals surface area contributed by atoms with Gasteiger partial charge in [-0.05, 0) is 46.8 Å². The minimum absolute atomic E-state index is 0.188. The molecule has 1 aliphatic heterocycles. The second-order valence-corrected chi connectivity index (χ2v) is 8.32. The molecule has 1 fully saturated rings. The summed E-state index contributed by atoms with van der Waals surface area (Å²) >= 11 is 1.86. The third kappa shape index (κ3) is 7.54. The zero-order chi connectivity index (χ0) is 16.6. The van der Waals surface area contributed by atoms with Crippen LogP contribution in [0.15, 0.2) is 17.1 Å². The van der Waals surface area contributed by atoms with Gasteiger partial charge in [-0.2, -0.15) is 11.8 Å². The molecule has 5 heteroatoms. The van der Waals surface area contributed by atoms with Crippen LogP contribution in [0.3, 0.4) is 0 Å². The van der Waals surface area contributed by atoms with Crippen LogP contribution in [0, 0.1) is 0 Å². The first-order chi connectivity index (χ1) is 10.4. The van der Waals surface area contributed by atoms with E-state index in [-0.39, 0.29) is 4.75 Å². The summed E-state index contributed by atoms with van der Waals surface area (Å²) in [5.74, 6) is 0.961. The maximum Gasteiger partial charge on any atom is 0.191 e. The summed E-state index contributed by atoms with van der Waals surface area (Å²) in [6.45, 7) is 17.7. The van der Waals surface area contributed by atoms with E-state index in [1.54, 1.807) is 0 Å². The topological polar surface area (TPSA) is 39.7 Å². The number of hydrogen-bond donors (Lipinski definition) is 2. The number of hydrogen-bond acceptors (Lipinski definition) is 3. The fraction of sp³-hybridized carbons (Fsp3) is 0.824. The molecular formula is C17H34N4S. The maximum absolute atomic E-state index is 4.76. The number of rotatable bonds is 7. The molecule has 0 bridgehead atoms. The molecule has 0 amide bonds. The van der Waals surface area contributed by atoms with Crippen molar-refractivity contribution in [1.82, 2.24) is 15.5 Å². The van der Waals surface area contributed by atoms with Crippen molar-refractivity contribution in [1.29, 1.82) is 0 Å². The molecule has 1 rings (SSSR count). The van der Waals surface area contributed by atoms with Gasteiger partial charge in [0, 0.05) is 37.0 Å². The lowest BCUT2D eigenvalue weighted by Gasteiger charge is -2.33. The van der Waals surface area contributed by atoms with Crippen LogP contribution in [0.5, 0.6) is 0 Å². The molecule has 0 aromatic heterocycles. The third-order valence-corrected chi connectivity index (χ3v) is 5.17. The van der Waals surface area contributed by atoms with Crippen molar-refractivity contribution in [2.45, 2.75) is 51.3 Å². The van der Waals surface area contributed by atoms with Crippen LogP contribution in [-0.2, 0) is 0 Å². The highest BCUT2D eigenvalue weighted by atomic mass is 32.2. The molecule has 0 atom stereocenters. The first-order valence-electron chi connectivity index (χ1n) is 8.33. The van der Waals surface area contributed by atoms with Crippen molar-refractivity contribution in [2.75, 3.05) is 39.0 Å². The fourth-order valence-corrected chi connectivity index (χ4v) is 2.66. The largest absolute Gasteiger partial charge is 0.357 e. The molecule has 1 heterocycles. The van der Waals surface area contributed by atoms with Crippen LogP contribution in [-0.4, -0.2) is 60.6 Å². The molecule has 0 aromatic carbocycles. The number of thioether (sulfide) groups is 1. The Balaban J connectivity index is 2.47. The van der Waals surface area contributed by atoms with Crippen LogP contribution in [0.4, 0.5) is 0 Å². The second-order valence-electron chi connectivity index (χ2n) is 6.81. The van der Waals surface area contributed by atoms with Gasteiger partial charge in [-0.25, -0.2) is 0 Å². The average Bonchev–Trinajstić information content (AvgIpc) is 2.46. The number of aliphatic imine (C=N–C) groups is 1. The van der Waals surface area contributed by atoms with Crippen LogP contribution in [0.2, 0.25) is 0 Å². The molecule has 0 saturated carbocycles. The van der Waals surface area contributed by atoms with Crippen LogP contribution >= 0.6 is 11.8 Å². The average molecular weight is 327 g/mol. The molecular weight excluding hydrogens is 292 g/mol. The van der Waals surface area contributed by atoms with Crippen molar-refractivity contribution >= 4 is 17.7 Å². The minimum atomic E-state index is 0.188. The molecule has 0 radical (unpaired) electrons. The Morgan fingerprint density at radius 3 is 2.50 bits per heavy atom. The lowest BCUT2D eigenvalue weighted by atomic mass is 10.0. The van der Waals surface area contributed by atoms with E-state index in [0.29, 0.717) is 6.04 Å². The highest BCUT2D eigenvalue weighted by molar-refractivity contribution is 7.99. The van der Waals surface area contributed by atoms with Gasteiger partial charge in [-0.15, -0.1) is 0 Å². The Hall–Kier alpha value is -0.680. The van der Waals surface area contributed by atoms with E-state index < -0.39 is 0 Å². The molecule has 1 aliphatic rings. The number of piperidine rings is 1. The lowest BCUT2D eigenvalue weighted by molar-refractivity contribution is 0.221. The van der Waals surface area contributed by atoms with Gasteiger partial charge in [-0.1, -0.05) is 12.2 Å². The van der Waals surface area contributed by atoms with E-state index in [4.69, 9.17) is 4.99 Å². The summed E-state index contributed by atoms with van der Waals surface area (Å²) in [4.78, 5) is 7.25. The summed E-state index contributed by atoms with van der Waals surface area (Å²) < 4.78 is 0.188. The Kier molecular flexibility index (Phi) is 8.33. The minimum Gasteiger partial charge on any atom is -0.357 e. The van der Waals surface area contributed by atoms with E-state index in [0.717, 1.165) is 38.7 Å². The number of guanidine groups is 1. The van der Waals surface area contributed by atoms with Gasteiger partial charge in [0.1, 0.15) is 0 Å². The molecule has 1 saturated heterocycles. The Morgan fingerprint density at radius 2 is 2.00 bits per heavy atom. The summed E-state index contributed by atoms with van der Waals surface area (Å²) in [6.07, 6.45) is 4.49. The van der Waals surface area contributed by atoms with E-state index in [1.807, 2.05) is 11.8 Å². The highest BCUT2D eigenvalue weighted by Gasteiger charge is 2.20. The molecule has 4 nitrogen and oxygen atoms in total. The van der Waals surface area contributed by atoms with Gasteiger partial charge in [0.05, 0.1) is 6.54 Å². The number of nitrogens with one attached hydrogen (secondary N) is 2. The Morgan fingerprint density at radius 1 is 1.36 bits per heavy atom. The normalized spacial score (nSPS) is 18.3.